The molecular weight excluding hydrogens is 380 g/mol. The molecule has 3 unspecified atom stereocenters. The van der Waals surface area contributed by atoms with Gasteiger partial charge in [0, 0.05) is 19.6 Å². The van der Waals surface area contributed by atoms with E-state index in [1.165, 1.54) is 25.5 Å². The van der Waals surface area contributed by atoms with E-state index < -0.39 is 0 Å². The maximum atomic E-state index is 12.1. The van der Waals surface area contributed by atoms with E-state index in [1.807, 2.05) is 6.07 Å². The van der Waals surface area contributed by atoms with E-state index in [0.29, 0.717) is 13.1 Å². The van der Waals surface area contributed by atoms with Gasteiger partial charge in [0.15, 0.2) is 5.96 Å². The highest BCUT2D eigenvalue weighted by Gasteiger charge is 2.37. The lowest BCUT2D eigenvalue weighted by molar-refractivity contribution is -0.145. The van der Waals surface area contributed by atoms with Crippen LogP contribution in [0.15, 0.2) is 29.3 Å². The maximum Gasteiger partial charge on any atom is 0.310 e. The largest absolute Gasteiger partial charge is 0.497 e. The van der Waals surface area contributed by atoms with Crippen LogP contribution >= 0.6 is 0 Å². The lowest BCUT2D eigenvalue weighted by Crippen LogP contribution is -2.41. The lowest BCUT2D eigenvalue weighted by Gasteiger charge is -2.28. The van der Waals surface area contributed by atoms with Crippen LogP contribution in [-0.2, 0) is 9.53 Å². The Morgan fingerprint density at radius 2 is 2.03 bits per heavy atom. The number of guanidine groups is 1. The molecule has 0 spiro atoms. The highest BCUT2D eigenvalue weighted by molar-refractivity contribution is 5.82. The first-order valence-corrected chi connectivity index (χ1v) is 11.1. The summed E-state index contributed by atoms with van der Waals surface area (Å²) in [7, 11) is 3.17. The van der Waals surface area contributed by atoms with Gasteiger partial charge in [0.2, 0.25) is 0 Å². The zero-order valence-electron chi connectivity index (χ0n) is 18.8. The van der Waals surface area contributed by atoms with Crippen molar-refractivity contribution in [2.75, 3.05) is 53.5 Å². The van der Waals surface area contributed by atoms with Crippen molar-refractivity contribution in [2.45, 2.75) is 32.7 Å². The molecule has 0 aromatic heterocycles. The molecule has 3 rings (SSSR count). The third-order valence-electron chi connectivity index (χ3n) is 6.22. The first-order chi connectivity index (χ1) is 14.6. The van der Waals surface area contributed by atoms with Crippen molar-refractivity contribution in [2.24, 2.45) is 16.8 Å². The van der Waals surface area contributed by atoms with Gasteiger partial charge in [0.05, 0.1) is 32.7 Å². The minimum atomic E-state index is -0.132. The fraction of sp³-hybridized carbons (Fsp3) is 0.652. The summed E-state index contributed by atoms with van der Waals surface area (Å²) in [5.41, 5.74) is 1.23. The molecule has 0 saturated carbocycles. The van der Waals surface area contributed by atoms with Gasteiger partial charge in [-0.15, -0.1) is 0 Å². The molecule has 166 valence electrons. The molecule has 0 bridgehead atoms. The van der Waals surface area contributed by atoms with Crippen molar-refractivity contribution in [1.82, 2.24) is 15.1 Å². The highest BCUT2D eigenvalue weighted by atomic mass is 16.5. The first kappa shape index (κ1) is 22.4. The van der Waals surface area contributed by atoms with Gasteiger partial charge in [0.1, 0.15) is 5.75 Å². The molecule has 0 aliphatic carbocycles. The van der Waals surface area contributed by atoms with Crippen LogP contribution in [0.3, 0.4) is 0 Å². The summed E-state index contributed by atoms with van der Waals surface area (Å²) in [6, 6.07) is 8.54. The summed E-state index contributed by atoms with van der Waals surface area (Å²) in [5.74, 6) is 1.76. The van der Waals surface area contributed by atoms with E-state index in [4.69, 9.17) is 14.5 Å². The molecule has 30 heavy (non-hydrogen) atoms. The molecule has 7 heteroatoms. The smallest absolute Gasteiger partial charge is 0.310 e. The zero-order chi connectivity index (χ0) is 21.5. The summed E-state index contributed by atoms with van der Waals surface area (Å²) in [5, 5.41) is 3.42. The van der Waals surface area contributed by atoms with Crippen LogP contribution in [0.2, 0.25) is 0 Å². The van der Waals surface area contributed by atoms with Crippen LogP contribution in [-0.4, -0.2) is 75.2 Å². The minimum absolute atomic E-state index is 0.105. The number of aliphatic imine (C=N–C) groups is 1. The predicted molar refractivity (Wildman–Crippen MR) is 119 cm³/mol. The van der Waals surface area contributed by atoms with Gasteiger partial charge in [-0.2, -0.15) is 0 Å². The summed E-state index contributed by atoms with van der Waals surface area (Å²) in [6.45, 7) is 9.29. The molecule has 2 fully saturated rings. The van der Waals surface area contributed by atoms with Gasteiger partial charge in [-0.1, -0.05) is 19.1 Å². The summed E-state index contributed by atoms with van der Waals surface area (Å²) in [6.07, 6.45) is 2.46. The van der Waals surface area contributed by atoms with Crippen molar-refractivity contribution in [3.63, 3.8) is 0 Å². The van der Waals surface area contributed by atoms with E-state index in [2.05, 4.69) is 47.2 Å². The monoisotopic (exact) mass is 416 g/mol. The number of hydrogen-bond acceptors (Lipinski definition) is 5. The summed E-state index contributed by atoms with van der Waals surface area (Å²) >= 11 is 0. The van der Waals surface area contributed by atoms with Crippen molar-refractivity contribution in [3.05, 3.63) is 29.8 Å². The van der Waals surface area contributed by atoms with Crippen LogP contribution in [0.25, 0.3) is 0 Å². The Hall–Kier alpha value is -2.28. The molecular formula is C23H36N4O3. The Kier molecular flexibility index (Phi) is 7.96. The second-order valence-electron chi connectivity index (χ2n) is 8.24. The van der Waals surface area contributed by atoms with E-state index in [9.17, 15) is 4.79 Å². The molecule has 2 heterocycles. The predicted octanol–water partition coefficient (Wildman–Crippen LogP) is 2.54. The van der Waals surface area contributed by atoms with Crippen LogP contribution < -0.4 is 10.1 Å². The molecule has 3 atom stereocenters. The van der Waals surface area contributed by atoms with Crippen LogP contribution in [0.4, 0.5) is 0 Å². The number of likely N-dealkylation sites (tertiary alicyclic amines) is 2. The fourth-order valence-electron chi connectivity index (χ4n) is 4.53. The molecule has 0 amide bonds. The third kappa shape index (κ3) is 5.25. The van der Waals surface area contributed by atoms with E-state index in [0.717, 1.165) is 37.9 Å². The van der Waals surface area contributed by atoms with Crippen LogP contribution in [0.5, 0.6) is 5.75 Å². The Labute approximate surface area is 180 Å². The first-order valence-electron chi connectivity index (χ1n) is 11.1. The molecule has 2 saturated heterocycles. The fourth-order valence-corrected chi connectivity index (χ4v) is 4.53. The number of carbonyl (C=O) groups is 1. The molecule has 7 nitrogen and oxygen atoms in total. The van der Waals surface area contributed by atoms with Crippen molar-refractivity contribution < 1.29 is 14.3 Å². The molecule has 2 aliphatic rings. The second kappa shape index (κ2) is 10.7. The number of ether oxygens (including phenoxy) is 2. The number of hydrogen-bond donors (Lipinski definition) is 1. The van der Waals surface area contributed by atoms with Crippen molar-refractivity contribution in [1.29, 1.82) is 0 Å². The number of esters is 1. The SMILES string of the molecule is CCNC(=NCC(c1cccc(OC)c1)N1CCCC1)N1CC(C)C(C(=O)OC)C1. The van der Waals surface area contributed by atoms with Crippen LogP contribution in [0, 0.1) is 11.8 Å². The second-order valence-corrected chi connectivity index (χ2v) is 8.24. The topological polar surface area (TPSA) is 66.4 Å². The standard InChI is InChI=1S/C23H36N4O3/c1-5-24-23(27-15-17(2)20(16-27)22(28)30-4)25-14-21(26-11-6-7-12-26)18-9-8-10-19(13-18)29-3/h8-10,13,17,20-21H,5-7,11-12,14-16H2,1-4H3,(H,24,25). The van der Waals surface area contributed by atoms with Crippen molar-refractivity contribution >= 4 is 11.9 Å². The van der Waals surface area contributed by atoms with Crippen molar-refractivity contribution in [3.8, 4) is 5.75 Å². The van der Waals surface area contributed by atoms with Gasteiger partial charge in [0.25, 0.3) is 0 Å². The number of nitrogens with one attached hydrogen (secondary N) is 1. The normalized spacial score (nSPS) is 23.5. The molecule has 1 aromatic carbocycles. The number of rotatable bonds is 7. The minimum Gasteiger partial charge on any atom is -0.497 e. The van der Waals surface area contributed by atoms with Crippen LogP contribution in [0.1, 0.15) is 38.3 Å². The Bertz CT molecular complexity index is 733. The molecule has 1 aromatic rings. The Morgan fingerprint density at radius 1 is 1.27 bits per heavy atom. The third-order valence-corrected chi connectivity index (χ3v) is 6.22. The molecule has 0 radical (unpaired) electrons. The molecule has 1 N–H and O–H groups in total. The Balaban J connectivity index is 1.80. The zero-order valence-corrected chi connectivity index (χ0v) is 18.8. The summed E-state index contributed by atoms with van der Waals surface area (Å²) < 4.78 is 10.4. The quantitative estimate of drug-likeness (QED) is 0.419. The van der Waals surface area contributed by atoms with E-state index in [1.54, 1.807) is 7.11 Å². The number of carbonyl (C=O) groups excluding carboxylic acids is 1. The van der Waals surface area contributed by atoms with Gasteiger partial charge in [-0.3, -0.25) is 14.7 Å². The average molecular weight is 417 g/mol. The Morgan fingerprint density at radius 3 is 2.70 bits per heavy atom. The lowest BCUT2D eigenvalue weighted by atomic mass is 9.99. The number of methoxy groups -OCH3 is 2. The highest BCUT2D eigenvalue weighted by Crippen LogP contribution is 2.29. The number of nitrogens with zero attached hydrogens (tertiary/aromatic N) is 3. The van der Waals surface area contributed by atoms with Gasteiger partial charge in [-0.25, -0.2) is 0 Å². The van der Waals surface area contributed by atoms with E-state index in [-0.39, 0.29) is 23.8 Å². The molecule has 2 aliphatic heterocycles. The summed E-state index contributed by atoms with van der Waals surface area (Å²) in [4.78, 5) is 21.8. The van der Waals surface area contributed by atoms with Gasteiger partial charge < -0.3 is 19.7 Å². The van der Waals surface area contributed by atoms with Gasteiger partial charge >= 0.3 is 5.97 Å². The van der Waals surface area contributed by atoms with Gasteiger partial charge in [-0.05, 0) is 56.5 Å². The van der Waals surface area contributed by atoms with E-state index >= 15 is 0 Å². The maximum absolute atomic E-state index is 12.1. The average Bonchev–Trinajstić information content (AvgIpc) is 3.43. The number of benzene rings is 1.